The minimum atomic E-state index is -1.01. The van der Waals surface area contributed by atoms with Crippen LogP contribution in [0.15, 0.2) is 48.7 Å². The molecule has 1 aromatic carbocycles. The molecule has 19 heavy (non-hydrogen) atoms. The number of pyridine rings is 1. The minimum absolute atomic E-state index is 0.133. The summed E-state index contributed by atoms with van der Waals surface area (Å²) in [5.41, 5.74) is 0.950. The number of anilines is 1. The molecule has 1 heterocycles. The van der Waals surface area contributed by atoms with Crippen molar-refractivity contribution in [3.63, 3.8) is 0 Å². The van der Waals surface area contributed by atoms with Crippen molar-refractivity contribution in [3.05, 3.63) is 59.8 Å². The summed E-state index contributed by atoms with van der Waals surface area (Å²) in [5.74, 6) is -0.483. The van der Waals surface area contributed by atoms with Gasteiger partial charge in [0.2, 0.25) is 0 Å². The van der Waals surface area contributed by atoms with Crippen molar-refractivity contribution in [1.29, 1.82) is 0 Å². The van der Waals surface area contributed by atoms with E-state index in [0.717, 1.165) is 5.56 Å². The highest BCUT2D eigenvalue weighted by atomic mass is 16.4. The third-order valence-electron chi connectivity index (χ3n) is 2.67. The number of carboxylic acid groups (broad SMARTS) is 1. The molecule has 0 aliphatic rings. The number of hydrogen-bond donors (Lipinski definition) is 3. The van der Waals surface area contributed by atoms with E-state index in [1.165, 1.54) is 12.3 Å². The zero-order valence-corrected chi connectivity index (χ0v) is 10.2. The summed E-state index contributed by atoms with van der Waals surface area (Å²) >= 11 is 0. The molecule has 0 saturated heterocycles. The highest BCUT2D eigenvalue weighted by Gasteiger charge is 2.07. The summed E-state index contributed by atoms with van der Waals surface area (Å²) in [6, 6.07) is 12.3. The van der Waals surface area contributed by atoms with Gasteiger partial charge >= 0.3 is 5.97 Å². The molecule has 1 unspecified atom stereocenters. The molecule has 0 radical (unpaired) electrons. The van der Waals surface area contributed by atoms with Crippen LogP contribution in [-0.4, -0.2) is 27.7 Å². The lowest BCUT2D eigenvalue weighted by atomic mass is 10.1. The van der Waals surface area contributed by atoms with Crippen molar-refractivity contribution >= 4 is 11.8 Å². The topological polar surface area (TPSA) is 82.5 Å². The molecule has 0 aliphatic heterocycles. The molecule has 5 nitrogen and oxygen atoms in total. The Kier molecular flexibility index (Phi) is 4.10. The third-order valence-corrected chi connectivity index (χ3v) is 2.67. The van der Waals surface area contributed by atoms with E-state index in [9.17, 15) is 9.90 Å². The van der Waals surface area contributed by atoms with Crippen molar-refractivity contribution in [1.82, 2.24) is 4.98 Å². The minimum Gasteiger partial charge on any atom is -0.478 e. The first-order valence-corrected chi connectivity index (χ1v) is 5.83. The number of benzene rings is 1. The summed E-state index contributed by atoms with van der Waals surface area (Å²) in [6.07, 6.45) is 0.640. The van der Waals surface area contributed by atoms with E-state index >= 15 is 0 Å². The smallest absolute Gasteiger partial charge is 0.337 e. The van der Waals surface area contributed by atoms with Crippen molar-refractivity contribution in [2.24, 2.45) is 0 Å². The van der Waals surface area contributed by atoms with Gasteiger partial charge in [-0.25, -0.2) is 9.78 Å². The molecular weight excluding hydrogens is 244 g/mol. The van der Waals surface area contributed by atoms with Gasteiger partial charge in [0.25, 0.3) is 0 Å². The van der Waals surface area contributed by atoms with Crippen LogP contribution in [0, 0.1) is 0 Å². The van der Waals surface area contributed by atoms with E-state index in [1.54, 1.807) is 6.07 Å². The first-order valence-electron chi connectivity index (χ1n) is 5.83. The lowest BCUT2D eigenvalue weighted by Crippen LogP contribution is -2.13. The first kappa shape index (κ1) is 13.0. The summed E-state index contributed by atoms with van der Waals surface area (Å²) in [6.45, 7) is 0.309. The molecule has 2 aromatic rings. The first-order chi connectivity index (χ1) is 9.16. The fourth-order valence-corrected chi connectivity index (χ4v) is 1.62. The average Bonchev–Trinajstić information content (AvgIpc) is 2.46. The summed E-state index contributed by atoms with van der Waals surface area (Å²) in [4.78, 5) is 14.6. The van der Waals surface area contributed by atoms with Crippen LogP contribution in [0.1, 0.15) is 22.0 Å². The van der Waals surface area contributed by atoms with Crippen LogP contribution >= 0.6 is 0 Å². The van der Waals surface area contributed by atoms with Crippen molar-refractivity contribution in [3.8, 4) is 0 Å². The SMILES string of the molecule is O=C(O)c1ccc(NCC(O)c2ccccc2)nc1. The molecule has 2 rings (SSSR count). The predicted molar refractivity (Wildman–Crippen MR) is 71.1 cm³/mol. The van der Waals surface area contributed by atoms with Crippen LogP contribution < -0.4 is 5.32 Å². The van der Waals surface area contributed by atoms with Gasteiger partial charge in [0, 0.05) is 12.7 Å². The van der Waals surface area contributed by atoms with Gasteiger partial charge < -0.3 is 15.5 Å². The molecule has 3 N–H and O–H groups in total. The van der Waals surface area contributed by atoms with Crippen molar-refractivity contribution in [2.45, 2.75) is 6.10 Å². The van der Waals surface area contributed by atoms with Crippen molar-refractivity contribution in [2.75, 3.05) is 11.9 Å². The Labute approximate surface area is 110 Å². The Morgan fingerprint density at radius 3 is 2.53 bits per heavy atom. The second-order valence-corrected chi connectivity index (χ2v) is 4.04. The Morgan fingerprint density at radius 2 is 1.95 bits per heavy atom. The van der Waals surface area contributed by atoms with E-state index < -0.39 is 12.1 Å². The van der Waals surface area contributed by atoms with Crippen LogP contribution in [0.25, 0.3) is 0 Å². The molecule has 98 valence electrons. The number of nitrogens with one attached hydrogen (secondary N) is 1. The number of hydrogen-bond acceptors (Lipinski definition) is 4. The quantitative estimate of drug-likeness (QED) is 0.763. The Bertz CT molecular complexity index is 540. The van der Waals surface area contributed by atoms with Crippen molar-refractivity contribution < 1.29 is 15.0 Å². The zero-order chi connectivity index (χ0) is 13.7. The number of carboxylic acids is 1. The Morgan fingerprint density at radius 1 is 1.21 bits per heavy atom. The molecular formula is C14H14N2O3. The van der Waals surface area contributed by atoms with Gasteiger partial charge in [0.1, 0.15) is 5.82 Å². The number of aliphatic hydroxyl groups is 1. The lowest BCUT2D eigenvalue weighted by molar-refractivity contribution is 0.0696. The molecule has 5 heteroatoms. The maximum atomic E-state index is 10.7. The van der Waals surface area contributed by atoms with Gasteiger partial charge in [0.15, 0.2) is 0 Å². The summed E-state index contributed by atoms with van der Waals surface area (Å²) in [5, 5.41) is 21.6. The number of rotatable bonds is 5. The number of aromatic carboxylic acids is 1. The molecule has 0 spiro atoms. The van der Waals surface area contributed by atoms with Crippen LogP contribution in [0.4, 0.5) is 5.82 Å². The zero-order valence-electron chi connectivity index (χ0n) is 10.2. The highest BCUT2D eigenvalue weighted by molar-refractivity contribution is 5.87. The highest BCUT2D eigenvalue weighted by Crippen LogP contribution is 2.13. The van der Waals surface area contributed by atoms with E-state index in [2.05, 4.69) is 10.3 Å². The monoisotopic (exact) mass is 258 g/mol. The fraction of sp³-hybridized carbons (Fsp3) is 0.143. The molecule has 0 fully saturated rings. The van der Waals surface area contributed by atoms with E-state index in [-0.39, 0.29) is 5.56 Å². The van der Waals surface area contributed by atoms with Gasteiger partial charge in [-0.05, 0) is 17.7 Å². The number of carbonyl (C=O) groups is 1. The van der Waals surface area contributed by atoms with E-state index in [0.29, 0.717) is 12.4 Å². The fourth-order valence-electron chi connectivity index (χ4n) is 1.62. The standard InChI is InChI=1S/C14H14N2O3/c17-12(10-4-2-1-3-5-10)9-16-13-7-6-11(8-15-13)14(18)19/h1-8,12,17H,9H2,(H,15,16)(H,18,19). The van der Waals surface area contributed by atoms with E-state index in [4.69, 9.17) is 5.11 Å². The third kappa shape index (κ3) is 3.53. The Balaban J connectivity index is 1.93. The normalized spacial score (nSPS) is 11.8. The van der Waals surface area contributed by atoms with Crippen LogP contribution in [0.5, 0.6) is 0 Å². The van der Waals surface area contributed by atoms with Crippen LogP contribution in [-0.2, 0) is 0 Å². The van der Waals surface area contributed by atoms with Gasteiger partial charge in [-0.1, -0.05) is 30.3 Å². The molecule has 1 atom stereocenters. The van der Waals surface area contributed by atoms with Gasteiger partial charge in [0.05, 0.1) is 11.7 Å². The molecule has 0 saturated carbocycles. The predicted octanol–water partition coefficient (Wildman–Crippen LogP) is 1.93. The maximum Gasteiger partial charge on any atom is 0.337 e. The summed E-state index contributed by atoms with van der Waals surface area (Å²) in [7, 11) is 0. The molecule has 1 aromatic heterocycles. The van der Waals surface area contributed by atoms with Crippen LogP contribution in [0.2, 0.25) is 0 Å². The maximum absolute atomic E-state index is 10.7. The van der Waals surface area contributed by atoms with E-state index in [1.807, 2.05) is 30.3 Å². The molecule has 0 amide bonds. The number of aromatic nitrogens is 1. The summed E-state index contributed by atoms with van der Waals surface area (Å²) < 4.78 is 0. The largest absolute Gasteiger partial charge is 0.478 e. The average molecular weight is 258 g/mol. The Hall–Kier alpha value is -2.40. The van der Waals surface area contributed by atoms with Crippen LogP contribution in [0.3, 0.4) is 0 Å². The second kappa shape index (κ2) is 5.97. The van der Waals surface area contributed by atoms with Gasteiger partial charge in [-0.3, -0.25) is 0 Å². The number of nitrogens with zero attached hydrogens (tertiary/aromatic N) is 1. The number of aliphatic hydroxyl groups excluding tert-OH is 1. The second-order valence-electron chi connectivity index (χ2n) is 4.04. The molecule has 0 bridgehead atoms. The van der Waals surface area contributed by atoms with Gasteiger partial charge in [-0.2, -0.15) is 0 Å². The lowest BCUT2D eigenvalue weighted by Gasteiger charge is -2.12. The molecule has 0 aliphatic carbocycles. The van der Waals surface area contributed by atoms with Gasteiger partial charge in [-0.15, -0.1) is 0 Å².